The Morgan fingerprint density at radius 1 is 1.59 bits per heavy atom. The van der Waals surface area contributed by atoms with Crippen molar-refractivity contribution < 1.29 is 14.3 Å². The van der Waals surface area contributed by atoms with Gasteiger partial charge in [-0.15, -0.1) is 0 Å². The van der Waals surface area contributed by atoms with Crippen molar-refractivity contribution in [3.05, 3.63) is 29.6 Å². The molecule has 2 rings (SSSR count). The molecule has 0 saturated carbocycles. The third kappa shape index (κ3) is 2.94. The number of aromatic hydroxyl groups is 1. The number of hydrogen-bond donors (Lipinski definition) is 3. The van der Waals surface area contributed by atoms with Crippen molar-refractivity contribution in [1.29, 1.82) is 0 Å². The lowest BCUT2D eigenvalue weighted by atomic mass is 10.1. The summed E-state index contributed by atoms with van der Waals surface area (Å²) in [5.74, 6) is -0.818. The van der Waals surface area contributed by atoms with Crippen LogP contribution in [0.1, 0.15) is 16.8 Å². The lowest BCUT2D eigenvalue weighted by Gasteiger charge is -2.10. The van der Waals surface area contributed by atoms with Gasteiger partial charge in [-0.1, -0.05) is 0 Å². The molecule has 5 heteroatoms. The highest BCUT2D eigenvalue weighted by atomic mass is 19.1. The average molecular weight is 238 g/mol. The van der Waals surface area contributed by atoms with Gasteiger partial charge in [0.05, 0.1) is 5.56 Å². The van der Waals surface area contributed by atoms with Crippen molar-refractivity contribution in [3.63, 3.8) is 0 Å². The first kappa shape index (κ1) is 11.9. The predicted molar refractivity (Wildman–Crippen MR) is 61.4 cm³/mol. The van der Waals surface area contributed by atoms with Crippen molar-refractivity contribution in [2.45, 2.75) is 6.42 Å². The van der Waals surface area contributed by atoms with Gasteiger partial charge >= 0.3 is 0 Å². The smallest absolute Gasteiger partial charge is 0.255 e. The molecule has 1 heterocycles. The third-order valence-corrected chi connectivity index (χ3v) is 2.92. The van der Waals surface area contributed by atoms with Crippen LogP contribution in [-0.4, -0.2) is 30.6 Å². The SMILES string of the molecule is O=C(NCC1CCNC1)c1ccc(F)cc1O. The number of phenols is 1. The minimum atomic E-state index is -0.556. The van der Waals surface area contributed by atoms with Crippen LogP contribution in [0.2, 0.25) is 0 Å². The highest BCUT2D eigenvalue weighted by Crippen LogP contribution is 2.18. The number of nitrogens with one attached hydrogen (secondary N) is 2. The first-order chi connectivity index (χ1) is 8.16. The summed E-state index contributed by atoms with van der Waals surface area (Å²) >= 11 is 0. The molecule has 1 amide bonds. The Bertz CT molecular complexity index is 417. The summed E-state index contributed by atoms with van der Waals surface area (Å²) in [6.45, 7) is 2.45. The lowest BCUT2D eigenvalue weighted by molar-refractivity contribution is 0.0945. The van der Waals surface area contributed by atoms with E-state index in [4.69, 9.17) is 0 Å². The van der Waals surface area contributed by atoms with Crippen LogP contribution < -0.4 is 10.6 Å². The molecule has 1 aromatic rings. The number of hydrogen-bond acceptors (Lipinski definition) is 3. The van der Waals surface area contributed by atoms with E-state index in [1.165, 1.54) is 6.07 Å². The Balaban J connectivity index is 1.94. The molecular weight excluding hydrogens is 223 g/mol. The summed E-state index contributed by atoms with van der Waals surface area (Å²) < 4.78 is 12.7. The van der Waals surface area contributed by atoms with E-state index in [0.29, 0.717) is 12.5 Å². The Hall–Kier alpha value is -1.62. The summed E-state index contributed by atoms with van der Waals surface area (Å²) in [7, 11) is 0. The summed E-state index contributed by atoms with van der Waals surface area (Å²) in [6.07, 6.45) is 1.04. The Morgan fingerprint density at radius 3 is 3.06 bits per heavy atom. The highest BCUT2D eigenvalue weighted by molar-refractivity contribution is 5.96. The summed E-state index contributed by atoms with van der Waals surface area (Å²) in [5.41, 5.74) is 0.109. The molecule has 3 N–H and O–H groups in total. The summed E-state index contributed by atoms with van der Waals surface area (Å²) in [4.78, 5) is 11.7. The van der Waals surface area contributed by atoms with E-state index in [2.05, 4.69) is 10.6 Å². The van der Waals surface area contributed by atoms with E-state index in [9.17, 15) is 14.3 Å². The van der Waals surface area contributed by atoms with E-state index in [1.54, 1.807) is 0 Å². The van der Waals surface area contributed by atoms with E-state index < -0.39 is 5.82 Å². The molecule has 1 aromatic carbocycles. The van der Waals surface area contributed by atoms with Gasteiger partial charge in [0.1, 0.15) is 11.6 Å². The maximum Gasteiger partial charge on any atom is 0.255 e. The minimum absolute atomic E-state index is 0.109. The molecule has 1 atom stereocenters. The van der Waals surface area contributed by atoms with Gasteiger partial charge < -0.3 is 15.7 Å². The van der Waals surface area contributed by atoms with Gasteiger partial charge in [-0.2, -0.15) is 0 Å². The predicted octanol–water partition coefficient (Wildman–Crippen LogP) is 0.871. The molecule has 0 aromatic heterocycles. The van der Waals surface area contributed by atoms with Crippen LogP contribution in [0.3, 0.4) is 0 Å². The topological polar surface area (TPSA) is 61.4 Å². The quantitative estimate of drug-likeness (QED) is 0.732. The van der Waals surface area contributed by atoms with Crippen molar-refractivity contribution in [1.82, 2.24) is 10.6 Å². The van der Waals surface area contributed by atoms with Crippen LogP contribution >= 0.6 is 0 Å². The largest absolute Gasteiger partial charge is 0.507 e. The van der Waals surface area contributed by atoms with E-state index in [-0.39, 0.29) is 17.2 Å². The summed E-state index contributed by atoms with van der Waals surface area (Å²) in [6, 6.07) is 3.38. The number of halogens is 1. The number of phenolic OH excluding ortho intramolecular Hbond substituents is 1. The van der Waals surface area contributed by atoms with E-state index >= 15 is 0 Å². The molecular formula is C12H15FN2O2. The molecule has 0 aliphatic carbocycles. The van der Waals surface area contributed by atoms with Crippen LogP contribution in [-0.2, 0) is 0 Å². The summed E-state index contributed by atoms with van der Waals surface area (Å²) in [5, 5.41) is 15.4. The van der Waals surface area contributed by atoms with Crippen LogP contribution in [0.5, 0.6) is 5.75 Å². The van der Waals surface area contributed by atoms with Gasteiger partial charge in [-0.05, 0) is 37.6 Å². The zero-order valence-electron chi connectivity index (χ0n) is 9.37. The van der Waals surface area contributed by atoms with Gasteiger partial charge in [0, 0.05) is 12.6 Å². The van der Waals surface area contributed by atoms with Crippen molar-refractivity contribution in [2.75, 3.05) is 19.6 Å². The second kappa shape index (κ2) is 5.14. The van der Waals surface area contributed by atoms with Gasteiger partial charge in [-0.25, -0.2) is 4.39 Å². The molecule has 17 heavy (non-hydrogen) atoms. The van der Waals surface area contributed by atoms with E-state index in [1.807, 2.05) is 0 Å². The lowest BCUT2D eigenvalue weighted by Crippen LogP contribution is -2.30. The Kier molecular flexibility index (Phi) is 3.58. The van der Waals surface area contributed by atoms with Crippen LogP contribution in [0.25, 0.3) is 0 Å². The molecule has 0 bridgehead atoms. The van der Waals surface area contributed by atoms with Crippen LogP contribution in [0, 0.1) is 11.7 Å². The first-order valence-electron chi connectivity index (χ1n) is 5.64. The maximum absolute atomic E-state index is 12.7. The number of carbonyl (C=O) groups is 1. The third-order valence-electron chi connectivity index (χ3n) is 2.92. The van der Waals surface area contributed by atoms with Gasteiger partial charge in [-0.3, -0.25) is 4.79 Å². The van der Waals surface area contributed by atoms with Gasteiger partial charge in [0.25, 0.3) is 5.91 Å². The number of benzene rings is 1. The van der Waals surface area contributed by atoms with E-state index in [0.717, 1.165) is 31.6 Å². The molecule has 1 aliphatic rings. The van der Waals surface area contributed by atoms with Crippen LogP contribution in [0.15, 0.2) is 18.2 Å². The number of rotatable bonds is 3. The fourth-order valence-electron chi connectivity index (χ4n) is 1.92. The standard InChI is InChI=1S/C12H15FN2O2/c13-9-1-2-10(11(16)5-9)12(17)15-7-8-3-4-14-6-8/h1-2,5,8,14,16H,3-4,6-7H2,(H,15,17). The van der Waals surface area contributed by atoms with Gasteiger partial charge in [0.15, 0.2) is 0 Å². The zero-order chi connectivity index (χ0) is 12.3. The Labute approximate surface area is 98.8 Å². The molecule has 1 unspecified atom stereocenters. The molecule has 1 fully saturated rings. The number of amides is 1. The van der Waals surface area contributed by atoms with Crippen molar-refractivity contribution >= 4 is 5.91 Å². The highest BCUT2D eigenvalue weighted by Gasteiger charge is 2.17. The second-order valence-corrected chi connectivity index (χ2v) is 4.23. The normalized spacial score (nSPS) is 19.2. The monoisotopic (exact) mass is 238 g/mol. The molecule has 92 valence electrons. The number of carbonyl (C=O) groups excluding carboxylic acids is 1. The minimum Gasteiger partial charge on any atom is -0.507 e. The average Bonchev–Trinajstić information content (AvgIpc) is 2.78. The molecule has 0 radical (unpaired) electrons. The molecule has 4 nitrogen and oxygen atoms in total. The molecule has 1 aliphatic heterocycles. The second-order valence-electron chi connectivity index (χ2n) is 4.23. The zero-order valence-corrected chi connectivity index (χ0v) is 9.37. The first-order valence-corrected chi connectivity index (χ1v) is 5.64. The molecule has 0 spiro atoms. The maximum atomic E-state index is 12.7. The van der Waals surface area contributed by atoms with Crippen molar-refractivity contribution in [2.24, 2.45) is 5.92 Å². The fourth-order valence-corrected chi connectivity index (χ4v) is 1.92. The molecule has 1 saturated heterocycles. The Morgan fingerprint density at radius 2 is 2.41 bits per heavy atom. The van der Waals surface area contributed by atoms with Crippen molar-refractivity contribution in [3.8, 4) is 5.75 Å². The fraction of sp³-hybridized carbons (Fsp3) is 0.417. The van der Waals surface area contributed by atoms with Crippen LogP contribution in [0.4, 0.5) is 4.39 Å². The van der Waals surface area contributed by atoms with Gasteiger partial charge in [0.2, 0.25) is 0 Å².